The van der Waals surface area contributed by atoms with Crippen molar-refractivity contribution in [3.05, 3.63) is 71.0 Å². The predicted octanol–water partition coefficient (Wildman–Crippen LogP) is 20.7. The van der Waals surface area contributed by atoms with Gasteiger partial charge in [0.2, 0.25) is 0 Å². The topological polar surface area (TPSA) is 371 Å². The molecule has 0 atom stereocenters. The number of hydrogen-bond donors (Lipinski definition) is 12. The first kappa shape index (κ1) is 153. The molecule has 108 heavy (non-hydrogen) atoms. The first-order valence-corrected chi connectivity index (χ1v) is 35.6. The molecule has 0 radical (unpaired) electrons. The van der Waals surface area contributed by atoms with Crippen molar-refractivity contribution in [2.75, 3.05) is 0 Å². The Bertz CT molecular complexity index is 2150. The van der Waals surface area contributed by atoms with Crippen molar-refractivity contribution in [3.63, 3.8) is 0 Å². The third-order valence-corrected chi connectivity index (χ3v) is 10.5. The second-order valence-corrected chi connectivity index (χ2v) is 39.1. The average Bonchev–Trinajstić information content (AvgIpc) is 0.898. The summed E-state index contributed by atoms with van der Waals surface area (Å²) in [6.07, 6.45) is 7.98. The van der Waals surface area contributed by atoms with E-state index >= 15 is 0 Å². The van der Waals surface area contributed by atoms with Gasteiger partial charge in [0.1, 0.15) is 34.6 Å². The third-order valence-electron chi connectivity index (χ3n) is 10.5. The van der Waals surface area contributed by atoms with Crippen LogP contribution >= 0.6 is 0 Å². The molecule has 0 aliphatic carbocycles. The molecule has 0 saturated carbocycles. The van der Waals surface area contributed by atoms with Crippen molar-refractivity contribution in [2.24, 2.45) is 66.0 Å². The smallest absolute Gasteiger partial charge is 0.325 e. The molecule has 0 aliphatic rings. The number of allylic oxidation sites excluding steroid dienone is 12. The van der Waals surface area contributed by atoms with E-state index in [1.165, 1.54) is 36.5 Å². The zero-order valence-corrected chi connectivity index (χ0v) is 91.8. The number of carbonyl (C=O) groups excluding carboxylic acids is 6. The molecule has 636 valence electrons. The van der Waals surface area contributed by atoms with Crippen molar-refractivity contribution in [3.8, 4) is 0 Å². The summed E-state index contributed by atoms with van der Waals surface area (Å²) >= 11 is 0. The van der Waals surface area contributed by atoms with Gasteiger partial charge < -0.3 is 61.3 Å². The zero-order valence-electron chi connectivity index (χ0n) is 78.0. The molecule has 0 amide bonds. The molecule has 0 bridgehead atoms. The van der Waals surface area contributed by atoms with Gasteiger partial charge in [-0.1, -0.05) is 132 Å². The number of rotatable bonds is 8. The third kappa shape index (κ3) is 138. The van der Waals surface area contributed by atoms with Crippen molar-refractivity contribution in [1.29, 1.82) is 0 Å². The Morgan fingerprint density at radius 1 is 0.222 bits per heavy atom. The Morgan fingerprint density at radius 2 is 0.315 bits per heavy atom. The van der Waals surface area contributed by atoms with Gasteiger partial charge in [0.25, 0.3) is 0 Å². The molecule has 18 nitrogen and oxygen atoms in total. The zero-order chi connectivity index (χ0) is 86.6. The minimum absolute atomic E-state index is 0. The van der Waals surface area contributed by atoms with Crippen molar-refractivity contribution < 1.29 is 243 Å². The molecule has 0 aromatic rings. The van der Waals surface area contributed by atoms with Gasteiger partial charge in [-0.3, -0.25) is 28.8 Å². The van der Waals surface area contributed by atoms with Crippen LogP contribution in [0.25, 0.3) is 0 Å². The van der Waals surface area contributed by atoms with Crippen LogP contribution < -0.4 is 0 Å². The normalized spacial score (nSPS) is 12.4. The van der Waals surface area contributed by atoms with Crippen molar-refractivity contribution in [1.82, 2.24) is 0 Å². The molecule has 0 unspecified atom stereocenters. The molecule has 0 aliphatic heterocycles. The SMILES string of the molecule is CC(C)(C)C(=[OH+])C=C(O)C(C)(C)C.CC(C)(C)C(=[OH+])C=C(O)C(C)(C)C.CC(C)(C)C(=[OH+])C=C(O)C(C)(C)C.CC(C)(C)C(=[OH+])C=C(O)C(C)(C)C.CC(C)(C)C(=[OH+])C=C(O)C(C)(C)C.CC(C)(C)O.CC(C)(C)O.CC(C)C(=[OH+])C=C(O)C(C)C.CC(C)O.CC(C)O.CC(C)O.CC(C)O.[Ti].[Zr].[Zr].[Zr].[Zr].[Zr]. The molecule has 0 aromatic heterocycles. The van der Waals surface area contributed by atoms with Gasteiger partial charge in [0.05, 0.1) is 80.7 Å². The summed E-state index contributed by atoms with van der Waals surface area (Å²) in [6.45, 7) is 88.7. The maximum absolute atomic E-state index is 9.60. The van der Waals surface area contributed by atoms with Gasteiger partial charge in [-0.15, -0.1) is 0 Å². The second kappa shape index (κ2) is 69.1. The minimum atomic E-state index is -0.500. The van der Waals surface area contributed by atoms with Crippen LogP contribution in [0.5, 0.6) is 0 Å². The van der Waals surface area contributed by atoms with E-state index in [1.807, 2.05) is 235 Å². The summed E-state index contributed by atoms with van der Waals surface area (Å²) in [4.78, 5) is 57.2. The molecule has 0 aromatic carbocycles. The summed E-state index contributed by atoms with van der Waals surface area (Å²) in [5.41, 5.74) is -4.06. The van der Waals surface area contributed by atoms with E-state index in [2.05, 4.69) is 0 Å². The Labute approximate surface area is 774 Å². The molecule has 0 heterocycles. The summed E-state index contributed by atoms with van der Waals surface area (Å²) < 4.78 is 0. The summed E-state index contributed by atoms with van der Waals surface area (Å²) in [6, 6.07) is 0. The fourth-order valence-electron chi connectivity index (χ4n) is 3.30. The molecule has 0 fully saturated rings. The van der Waals surface area contributed by atoms with Gasteiger partial charge in [-0.05, 0) is 201 Å². The molecular formula is C84H174O18TiZr5+6. The van der Waals surface area contributed by atoms with Crippen LogP contribution in [0, 0.1) is 66.0 Å². The van der Waals surface area contributed by atoms with Crippen LogP contribution in [0.15, 0.2) is 71.0 Å². The quantitative estimate of drug-likeness (QED) is 0.0467. The molecule has 24 heteroatoms. The van der Waals surface area contributed by atoms with Gasteiger partial charge in [-0.2, -0.15) is 0 Å². The van der Waals surface area contributed by atoms with Crippen molar-refractivity contribution in [2.45, 2.75) is 368 Å². The molecule has 0 rings (SSSR count). The van der Waals surface area contributed by atoms with Crippen LogP contribution in [0.4, 0.5) is 0 Å². The van der Waals surface area contributed by atoms with E-state index in [0.717, 1.165) is 0 Å². The monoisotopic (exact) mass is 1970 g/mol. The van der Waals surface area contributed by atoms with E-state index in [4.69, 9.17) is 30.6 Å². The maximum atomic E-state index is 9.60. The van der Waals surface area contributed by atoms with Crippen LogP contribution in [-0.4, -0.2) is 160 Å². The first-order valence-electron chi connectivity index (χ1n) is 35.6. The predicted molar refractivity (Wildman–Crippen MR) is 444 cm³/mol. The Balaban J connectivity index is -0.0000000522. The van der Waals surface area contributed by atoms with Crippen molar-refractivity contribution >= 4 is 34.7 Å². The fourth-order valence-corrected chi connectivity index (χ4v) is 3.30. The first-order chi connectivity index (χ1) is 43.6. The fraction of sp³-hybridized carbons (Fsp3) is 0.786. The summed E-state index contributed by atoms with van der Waals surface area (Å²) in [5, 5.41) is 106. The Morgan fingerprint density at radius 3 is 0.370 bits per heavy atom. The Hall–Kier alpha value is 0.150. The average molecular weight is 1980 g/mol. The molecular weight excluding hydrogens is 1800 g/mol. The van der Waals surface area contributed by atoms with Gasteiger partial charge in [0, 0.05) is 210 Å². The largest absolute Gasteiger partial charge is 0.512 e. The standard InChI is InChI=1S/5C11H20O2.C9H16O2.2C4H10O.4C3H8O.Ti.5Zr/c5*1-10(2,3)8(12)7-9(13)11(4,5)6;1-6(2)8(10)5-9(11)7(3)4;2*1-4(2,3)5;4*1-3(2)4;;;;;;/h5*7,12H,1-6H3;5-7,10H,1-4H3;2*5H,1-3H3;4*3-4H,1-2H3;;;;;;/p+6. The number of aliphatic hydroxyl groups excluding tert-OH is 10. The molecule has 18 N–H and O–H groups in total. The van der Waals surface area contributed by atoms with E-state index in [1.54, 1.807) is 96.9 Å². The Kier molecular flexibility index (Phi) is 97.8. The van der Waals surface area contributed by atoms with Crippen LogP contribution in [0.1, 0.15) is 332 Å². The number of ketones is 6. The van der Waals surface area contributed by atoms with Gasteiger partial charge in [0.15, 0.2) is 0 Å². The van der Waals surface area contributed by atoms with Crippen LogP contribution in [0.3, 0.4) is 0 Å². The van der Waals surface area contributed by atoms with E-state index in [0.29, 0.717) is 0 Å². The maximum Gasteiger partial charge on any atom is 0.325 e. The van der Waals surface area contributed by atoms with E-state index in [9.17, 15) is 59.4 Å². The van der Waals surface area contributed by atoms with Gasteiger partial charge in [-0.25, -0.2) is 0 Å². The number of aliphatic hydroxyl groups is 12. The minimum Gasteiger partial charge on any atom is -0.512 e. The van der Waals surface area contributed by atoms with E-state index < -0.39 is 11.2 Å². The summed E-state index contributed by atoms with van der Waals surface area (Å²) in [7, 11) is 0. The van der Waals surface area contributed by atoms with Gasteiger partial charge >= 0.3 is 34.7 Å². The molecule has 0 saturated heterocycles. The molecule has 0 spiro atoms. The number of hydrogen-bond acceptors (Lipinski definition) is 12. The van der Waals surface area contributed by atoms with Crippen LogP contribution in [-0.2, 0) is 153 Å². The summed E-state index contributed by atoms with van der Waals surface area (Å²) in [5.74, 6) is 2.71. The van der Waals surface area contributed by atoms with E-state index in [-0.39, 0.29) is 312 Å². The second-order valence-electron chi connectivity index (χ2n) is 39.1. The van der Waals surface area contributed by atoms with Crippen LogP contribution in [0.2, 0.25) is 0 Å².